The second-order valence-corrected chi connectivity index (χ2v) is 17.3. The van der Waals surface area contributed by atoms with Gasteiger partial charge in [-0.05, 0) is 153 Å². The van der Waals surface area contributed by atoms with Crippen molar-refractivity contribution in [3.8, 4) is 79.3 Å². The predicted molar refractivity (Wildman–Crippen MR) is 265 cm³/mol. The summed E-state index contributed by atoms with van der Waals surface area (Å²) < 4.78 is 2.38. The maximum atomic E-state index is 10.3. The summed E-state index contributed by atoms with van der Waals surface area (Å²) in [5.41, 5.74) is 22.1. The molecule has 2 aromatic heterocycles. The molecule has 5 heteroatoms. The SMILES string of the molecule is Cc1cc(C)c(-c2ccc3c(c2)c2cc(-c4c(C)cc(C)cc4C)ccc2n3-c2ccc(C#N)cc2-c2ccc(-c3nc(-c4ccccc4)nc(-c4ccccc4)n3)cc2C)c(C)c1. The van der Waals surface area contributed by atoms with E-state index in [-0.39, 0.29) is 0 Å². The molecule has 0 saturated heterocycles. The first kappa shape index (κ1) is 40.2. The Hall–Kier alpha value is -7.94. The molecular weight excluding hydrogens is 779 g/mol. The van der Waals surface area contributed by atoms with Crippen LogP contribution in [0.4, 0.5) is 0 Å². The normalized spacial score (nSPS) is 11.3. The summed E-state index contributed by atoms with van der Waals surface area (Å²) >= 11 is 0. The molecule has 10 rings (SSSR count). The maximum Gasteiger partial charge on any atom is 0.164 e. The summed E-state index contributed by atoms with van der Waals surface area (Å²) in [5.74, 6) is 1.84. The Morgan fingerprint density at radius 2 is 0.844 bits per heavy atom. The van der Waals surface area contributed by atoms with Crippen LogP contribution in [0.1, 0.15) is 44.5 Å². The number of hydrogen-bond donors (Lipinski definition) is 0. The number of hydrogen-bond acceptors (Lipinski definition) is 4. The van der Waals surface area contributed by atoms with Crippen molar-refractivity contribution in [2.24, 2.45) is 0 Å². The lowest BCUT2D eigenvalue weighted by Gasteiger charge is -2.17. The van der Waals surface area contributed by atoms with Crippen LogP contribution in [0.25, 0.3) is 95.0 Å². The Morgan fingerprint density at radius 1 is 0.391 bits per heavy atom. The molecule has 0 amide bonds. The summed E-state index contributed by atoms with van der Waals surface area (Å²) in [7, 11) is 0. The van der Waals surface area contributed by atoms with E-state index < -0.39 is 0 Å². The van der Waals surface area contributed by atoms with Gasteiger partial charge in [0.2, 0.25) is 0 Å². The van der Waals surface area contributed by atoms with Gasteiger partial charge in [0, 0.05) is 33.0 Å². The highest BCUT2D eigenvalue weighted by Gasteiger charge is 2.21. The molecule has 2 heterocycles. The number of rotatable bonds is 7. The second-order valence-electron chi connectivity index (χ2n) is 17.3. The van der Waals surface area contributed by atoms with Crippen LogP contribution in [0.2, 0.25) is 0 Å². The van der Waals surface area contributed by atoms with Crippen molar-refractivity contribution < 1.29 is 0 Å². The minimum Gasteiger partial charge on any atom is -0.309 e. The standard InChI is InChI=1S/C59H47N5/c1-35-26-38(4)55(39(5)27-35)45-20-24-53-50(32-45)51-33-46(56-40(6)28-36(2)29-41(56)7)21-25-54(51)64(53)52-23-18-42(34-60)31-49(52)48-22-19-47(30-37(48)3)59-62-57(43-14-10-8-11-15-43)61-58(63-59)44-16-12-9-13-17-44/h8-33H,1-7H3. The van der Waals surface area contributed by atoms with Gasteiger partial charge in [0.05, 0.1) is 28.4 Å². The highest BCUT2D eigenvalue weighted by molar-refractivity contribution is 6.12. The van der Waals surface area contributed by atoms with Gasteiger partial charge in [-0.1, -0.05) is 120 Å². The molecule has 0 N–H and O–H groups in total. The summed E-state index contributed by atoms with van der Waals surface area (Å²) in [5, 5.41) is 12.7. The zero-order valence-corrected chi connectivity index (χ0v) is 37.2. The molecule has 308 valence electrons. The maximum absolute atomic E-state index is 10.3. The van der Waals surface area contributed by atoms with E-state index in [1.54, 1.807) is 0 Å². The number of nitriles is 1. The monoisotopic (exact) mass is 825 g/mol. The third-order valence-corrected chi connectivity index (χ3v) is 12.5. The van der Waals surface area contributed by atoms with E-state index in [0.29, 0.717) is 23.0 Å². The van der Waals surface area contributed by atoms with Crippen LogP contribution in [-0.2, 0) is 0 Å². The Balaban J connectivity index is 1.18. The van der Waals surface area contributed by atoms with Crippen molar-refractivity contribution >= 4 is 21.8 Å². The number of benzene rings is 8. The first-order valence-electron chi connectivity index (χ1n) is 21.8. The number of aromatic nitrogens is 4. The first-order chi connectivity index (χ1) is 31.0. The fourth-order valence-electron chi connectivity index (χ4n) is 9.92. The summed E-state index contributed by atoms with van der Waals surface area (Å²) in [6.45, 7) is 15.3. The smallest absolute Gasteiger partial charge is 0.164 e. The van der Waals surface area contributed by atoms with Crippen LogP contribution < -0.4 is 0 Å². The van der Waals surface area contributed by atoms with Crippen molar-refractivity contribution in [3.63, 3.8) is 0 Å². The Bertz CT molecular complexity index is 3300. The van der Waals surface area contributed by atoms with Crippen LogP contribution in [0.5, 0.6) is 0 Å². The van der Waals surface area contributed by atoms with Crippen molar-refractivity contribution in [1.29, 1.82) is 5.26 Å². The molecule has 0 spiro atoms. The van der Waals surface area contributed by atoms with Gasteiger partial charge in [-0.15, -0.1) is 0 Å². The molecule has 0 aliphatic rings. The lowest BCUT2D eigenvalue weighted by Crippen LogP contribution is -2.01. The van der Waals surface area contributed by atoms with Crippen molar-refractivity contribution in [2.45, 2.75) is 48.5 Å². The van der Waals surface area contributed by atoms with Crippen molar-refractivity contribution in [1.82, 2.24) is 19.5 Å². The van der Waals surface area contributed by atoms with Gasteiger partial charge in [0.1, 0.15) is 0 Å². The minimum absolute atomic E-state index is 0.598. The summed E-state index contributed by atoms with van der Waals surface area (Å²) in [6.07, 6.45) is 0. The van der Waals surface area contributed by atoms with Crippen molar-refractivity contribution in [3.05, 3.63) is 202 Å². The number of fused-ring (bicyclic) bond motifs is 3. The molecule has 0 bridgehead atoms. The Labute approximate surface area is 375 Å². The number of aryl methyl sites for hydroxylation is 7. The van der Waals surface area contributed by atoms with E-state index in [1.807, 2.05) is 72.8 Å². The largest absolute Gasteiger partial charge is 0.309 e. The average Bonchev–Trinajstić information content (AvgIpc) is 3.61. The van der Waals surface area contributed by atoms with Gasteiger partial charge in [-0.2, -0.15) is 5.26 Å². The third-order valence-electron chi connectivity index (χ3n) is 12.5. The van der Waals surface area contributed by atoms with Gasteiger partial charge in [-0.25, -0.2) is 15.0 Å². The molecule has 0 aliphatic heterocycles. The molecule has 8 aromatic carbocycles. The fourth-order valence-corrected chi connectivity index (χ4v) is 9.92. The van der Waals surface area contributed by atoms with Crippen LogP contribution in [0, 0.1) is 59.8 Å². The van der Waals surface area contributed by atoms with E-state index in [4.69, 9.17) is 15.0 Å². The molecule has 0 saturated carbocycles. The average molecular weight is 826 g/mol. The highest BCUT2D eigenvalue weighted by atomic mass is 15.0. The highest BCUT2D eigenvalue weighted by Crippen LogP contribution is 2.42. The molecule has 10 aromatic rings. The molecule has 64 heavy (non-hydrogen) atoms. The Morgan fingerprint density at radius 3 is 1.30 bits per heavy atom. The van der Waals surface area contributed by atoms with E-state index in [9.17, 15) is 5.26 Å². The van der Waals surface area contributed by atoms with Crippen LogP contribution in [0.3, 0.4) is 0 Å². The zero-order chi connectivity index (χ0) is 44.2. The number of nitrogens with zero attached hydrogens (tertiary/aromatic N) is 5. The van der Waals surface area contributed by atoms with Gasteiger partial charge in [-0.3, -0.25) is 0 Å². The predicted octanol–water partition coefficient (Wildman–Crippen LogP) is 15.0. The third kappa shape index (κ3) is 7.13. The molecule has 0 fully saturated rings. The minimum atomic E-state index is 0.598. The molecule has 0 unspecified atom stereocenters. The molecule has 0 atom stereocenters. The lowest BCUT2D eigenvalue weighted by atomic mass is 9.91. The Kier molecular flexibility index (Phi) is 10.1. The summed E-state index contributed by atoms with van der Waals surface area (Å²) in [6, 6.07) is 57.9. The van der Waals surface area contributed by atoms with Crippen molar-refractivity contribution in [2.75, 3.05) is 0 Å². The van der Waals surface area contributed by atoms with E-state index in [0.717, 1.165) is 50.1 Å². The van der Waals surface area contributed by atoms with Gasteiger partial charge in [0.15, 0.2) is 17.5 Å². The molecular formula is C59H47N5. The molecule has 5 nitrogen and oxygen atoms in total. The zero-order valence-electron chi connectivity index (χ0n) is 37.2. The summed E-state index contributed by atoms with van der Waals surface area (Å²) in [4.78, 5) is 14.9. The topological polar surface area (TPSA) is 67.4 Å². The lowest BCUT2D eigenvalue weighted by molar-refractivity contribution is 1.07. The van der Waals surface area contributed by atoms with Gasteiger partial charge >= 0.3 is 0 Å². The fraction of sp³-hybridized carbons (Fsp3) is 0.119. The molecule has 0 radical (unpaired) electrons. The van der Waals surface area contributed by atoms with Gasteiger partial charge in [0.25, 0.3) is 0 Å². The van der Waals surface area contributed by atoms with E-state index >= 15 is 0 Å². The quantitative estimate of drug-likeness (QED) is 0.161. The van der Waals surface area contributed by atoms with E-state index in [1.165, 1.54) is 66.4 Å². The molecule has 0 aliphatic carbocycles. The van der Waals surface area contributed by atoms with Crippen LogP contribution in [-0.4, -0.2) is 19.5 Å². The van der Waals surface area contributed by atoms with Crippen LogP contribution >= 0.6 is 0 Å². The van der Waals surface area contributed by atoms with Crippen LogP contribution in [0.15, 0.2) is 158 Å². The second kappa shape index (κ2) is 16.1. The first-order valence-corrected chi connectivity index (χ1v) is 21.8. The van der Waals surface area contributed by atoms with Gasteiger partial charge < -0.3 is 4.57 Å². The van der Waals surface area contributed by atoms with E-state index in [2.05, 4.69) is 144 Å².